The van der Waals surface area contributed by atoms with E-state index in [1.165, 1.54) is 19.2 Å². The zero-order valence-corrected chi connectivity index (χ0v) is 12.7. The normalized spacial score (nSPS) is 13.9. The Morgan fingerprint density at radius 3 is 2.55 bits per heavy atom. The Labute approximate surface area is 123 Å². The van der Waals surface area contributed by atoms with Gasteiger partial charge in [0, 0.05) is 11.5 Å². The van der Waals surface area contributed by atoms with Crippen LogP contribution in [0.1, 0.15) is 32.8 Å². The molecule has 1 rings (SSSR count). The first-order valence-corrected chi connectivity index (χ1v) is 6.61. The molecule has 1 aromatic rings. The third-order valence-corrected chi connectivity index (χ3v) is 4.14. The predicted octanol–water partition coefficient (Wildman–Crippen LogP) is 3.73. The topological polar surface area (TPSA) is 69.4 Å². The van der Waals surface area contributed by atoms with Crippen molar-refractivity contribution in [2.75, 3.05) is 7.11 Å². The van der Waals surface area contributed by atoms with Crippen molar-refractivity contribution >= 4 is 23.3 Å². The van der Waals surface area contributed by atoms with Gasteiger partial charge in [-0.1, -0.05) is 38.4 Å². The molecule has 0 saturated heterocycles. The number of carbonyl (C=O) groups excluding carboxylic acids is 1. The Kier molecular flexibility index (Phi) is 5.11. The maximum absolute atomic E-state index is 11.6. The van der Waals surface area contributed by atoms with Gasteiger partial charge in [0.2, 0.25) is 0 Å². The third-order valence-electron chi connectivity index (χ3n) is 3.82. The Morgan fingerprint density at radius 2 is 2.10 bits per heavy atom. The van der Waals surface area contributed by atoms with Gasteiger partial charge in [0.25, 0.3) is 5.69 Å². The molecule has 20 heavy (non-hydrogen) atoms. The Morgan fingerprint density at radius 1 is 1.50 bits per heavy atom. The molecule has 1 atom stereocenters. The lowest BCUT2D eigenvalue weighted by Crippen LogP contribution is -2.32. The van der Waals surface area contributed by atoms with Crippen molar-refractivity contribution in [1.82, 2.24) is 0 Å². The lowest BCUT2D eigenvalue weighted by atomic mass is 9.71. The summed E-state index contributed by atoms with van der Waals surface area (Å²) >= 11 is 5.82. The van der Waals surface area contributed by atoms with E-state index in [4.69, 9.17) is 16.3 Å². The summed E-state index contributed by atoms with van der Waals surface area (Å²) in [5, 5.41) is 11.1. The monoisotopic (exact) mass is 299 g/mol. The summed E-state index contributed by atoms with van der Waals surface area (Å²) in [5.74, 6) is -0.249. The fraction of sp³-hybridized carbons (Fsp3) is 0.500. The van der Waals surface area contributed by atoms with E-state index >= 15 is 0 Å². The van der Waals surface area contributed by atoms with Crippen LogP contribution in [0, 0.1) is 16.0 Å². The van der Waals surface area contributed by atoms with Gasteiger partial charge in [-0.15, -0.1) is 0 Å². The van der Waals surface area contributed by atoms with Crippen LogP contribution in [0.3, 0.4) is 0 Å². The van der Waals surface area contributed by atoms with Crippen LogP contribution in [0.4, 0.5) is 5.69 Å². The SMILES string of the molecule is COC(=O)CC(C)(c1ccc(Cl)c([N+](=O)[O-])c1)C(C)C. The number of esters is 1. The molecule has 0 aliphatic carbocycles. The van der Waals surface area contributed by atoms with Crippen molar-refractivity contribution in [2.24, 2.45) is 5.92 Å². The zero-order chi connectivity index (χ0) is 15.5. The average molecular weight is 300 g/mol. The Hall–Kier alpha value is -1.62. The average Bonchev–Trinajstić information content (AvgIpc) is 2.38. The predicted molar refractivity (Wildman–Crippen MR) is 76.9 cm³/mol. The molecule has 1 unspecified atom stereocenters. The number of carbonyl (C=O) groups is 1. The standard InChI is InChI=1S/C14H18ClNO4/c1-9(2)14(3,8-13(17)20-4)10-5-6-11(15)12(7-10)16(18)19/h5-7,9H,8H2,1-4H3. The molecule has 0 aliphatic heterocycles. The van der Waals surface area contributed by atoms with Crippen LogP contribution in [0.2, 0.25) is 5.02 Å². The van der Waals surface area contributed by atoms with Crippen molar-refractivity contribution < 1.29 is 14.5 Å². The third kappa shape index (κ3) is 3.28. The fourth-order valence-corrected chi connectivity index (χ4v) is 2.21. The number of hydrogen-bond acceptors (Lipinski definition) is 4. The van der Waals surface area contributed by atoms with Crippen molar-refractivity contribution in [2.45, 2.75) is 32.6 Å². The van der Waals surface area contributed by atoms with Crippen LogP contribution in [0.15, 0.2) is 18.2 Å². The molecule has 0 N–H and O–H groups in total. The summed E-state index contributed by atoms with van der Waals surface area (Å²) in [6.07, 6.45) is 0.153. The largest absolute Gasteiger partial charge is 0.469 e. The molecule has 6 heteroatoms. The van der Waals surface area contributed by atoms with E-state index in [0.717, 1.165) is 0 Å². The number of nitro benzene ring substituents is 1. The highest BCUT2D eigenvalue weighted by atomic mass is 35.5. The van der Waals surface area contributed by atoms with Gasteiger partial charge in [0.05, 0.1) is 18.5 Å². The molecular formula is C14H18ClNO4. The highest BCUT2D eigenvalue weighted by Crippen LogP contribution is 2.38. The summed E-state index contributed by atoms with van der Waals surface area (Å²) in [5.41, 5.74) is -0.00229. The van der Waals surface area contributed by atoms with E-state index < -0.39 is 10.3 Å². The first kappa shape index (κ1) is 16.4. The maximum atomic E-state index is 11.6. The molecule has 0 aliphatic rings. The number of hydrogen-bond donors (Lipinski definition) is 0. The molecule has 0 spiro atoms. The Bertz CT molecular complexity index is 530. The van der Waals surface area contributed by atoms with Crippen LogP contribution >= 0.6 is 11.6 Å². The van der Waals surface area contributed by atoms with Gasteiger partial charge in [0.15, 0.2) is 0 Å². The summed E-state index contributed by atoms with van der Waals surface area (Å²) < 4.78 is 4.72. The second-order valence-electron chi connectivity index (χ2n) is 5.25. The van der Waals surface area contributed by atoms with Gasteiger partial charge in [-0.25, -0.2) is 0 Å². The van der Waals surface area contributed by atoms with Crippen molar-refractivity contribution in [3.05, 3.63) is 38.9 Å². The number of rotatable bonds is 5. The summed E-state index contributed by atoms with van der Waals surface area (Å²) in [6.45, 7) is 5.81. The van der Waals surface area contributed by atoms with Crippen molar-refractivity contribution in [3.63, 3.8) is 0 Å². The molecule has 5 nitrogen and oxygen atoms in total. The van der Waals surface area contributed by atoms with E-state index in [9.17, 15) is 14.9 Å². The zero-order valence-electron chi connectivity index (χ0n) is 12.0. The number of halogens is 1. The minimum absolute atomic E-state index is 0.0860. The van der Waals surface area contributed by atoms with Crippen LogP contribution in [-0.4, -0.2) is 18.0 Å². The number of ether oxygens (including phenoxy) is 1. The van der Waals surface area contributed by atoms with Crippen molar-refractivity contribution in [1.29, 1.82) is 0 Å². The maximum Gasteiger partial charge on any atom is 0.306 e. The van der Waals surface area contributed by atoms with Gasteiger partial charge in [0.1, 0.15) is 5.02 Å². The van der Waals surface area contributed by atoms with Crippen LogP contribution in [0.5, 0.6) is 0 Å². The van der Waals surface area contributed by atoms with Gasteiger partial charge in [-0.3, -0.25) is 14.9 Å². The highest BCUT2D eigenvalue weighted by Gasteiger charge is 2.35. The van der Waals surface area contributed by atoms with Crippen LogP contribution < -0.4 is 0 Å². The summed E-state index contributed by atoms with van der Waals surface area (Å²) in [7, 11) is 1.33. The first-order valence-electron chi connectivity index (χ1n) is 6.23. The van der Waals surface area contributed by atoms with Crippen molar-refractivity contribution in [3.8, 4) is 0 Å². The quantitative estimate of drug-likeness (QED) is 0.472. The van der Waals surface area contributed by atoms with E-state index in [1.54, 1.807) is 6.07 Å². The molecule has 1 aromatic carbocycles. The molecule has 0 aromatic heterocycles. The number of methoxy groups -OCH3 is 1. The lowest BCUT2D eigenvalue weighted by molar-refractivity contribution is -0.384. The highest BCUT2D eigenvalue weighted by molar-refractivity contribution is 6.32. The second-order valence-corrected chi connectivity index (χ2v) is 5.66. The minimum atomic E-state index is -0.553. The van der Waals surface area contributed by atoms with Gasteiger partial charge < -0.3 is 4.74 Å². The van der Waals surface area contributed by atoms with E-state index in [2.05, 4.69) is 0 Å². The molecular weight excluding hydrogens is 282 g/mol. The molecule has 0 amide bonds. The number of nitro groups is 1. The molecule has 0 bridgehead atoms. The summed E-state index contributed by atoms with van der Waals surface area (Å²) in [6, 6.07) is 4.65. The smallest absolute Gasteiger partial charge is 0.306 e. The van der Waals surface area contributed by atoms with Gasteiger partial charge in [-0.2, -0.15) is 0 Å². The van der Waals surface area contributed by atoms with Gasteiger partial charge in [-0.05, 0) is 17.5 Å². The van der Waals surface area contributed by atoms with E-state index in [-0.39, 0.29) is 29.0 Å². The minimum Gasteiger partial charge on any atom is -0.469 e. The van der Waals surface area contributed by atoms with Crippen LogP contribution in [0.25, 0.3) is 0 Å². The van der Waals surface area contributed by atoms with E-state index in [0.29, 0.717) is 5.56 Å². The second kappa shape index (κ2) is 6.22. The molecule has 0 saturated carbocycles. The molecule has 110 valence electrons. The number of benzene rings is 1. The molecule has 0 heterocycles. The summed E-state index contributed by atoms with van der Waals surface area (Å²) in [4.78, 5) is 22.1. The van der Waals surface area contributed by atoms with E-state index in [1.807, 2.05) is 20.8 Å². The first-order chi connectivity index (χ1) is 9.22. The van der Waals surface area contributed by atoms with Crippen LogP contribution in [-0.2, 0) is 14.9 Å². The fourth-order valence-electron chi connectivity index (χ4n) is 2.02. The Balaban J connectivity index is 3.32. The molecule has 0 radical (unpaired) electrons. The van der Waals surface area contributed by atoms with Gasteiger partial charge >= 0.3 is 5.97 Å². The molecule has 0 fully saturated rings. The number of nitrogens with zero attached hydrogens (tertiary/aromatic N) is 1. The lowest BCUT2D eigenvalue weighted by Gasteiger charge is -2.33.